The van der Waals surface area contributed by atoms with Gasteiger partial charge in [0.25, 0.3) is 0 Å². The largest absolute Gasteiger partial charge is 0.492 e. The molecular formula is C18H31ClN4O2. The maximum Gasteiger partial charge on any atom is 0.241 e. The standard InChI is InChI=1S/C18H30N4O2.ClH/c1-3-4-17(19)18(23)20-15-5-7-16(8-6-15)24-14-13-22-11-9-21(2)10-12-22;/h5-8,17H,3-4,9-14,19H2,1-2H3,(H,20,23);1H. The summed E-state index contributed by atoms with van der Waals surface area (Å²) in [6.07, 6.45) is 1.59. The summed E-state index contributed by atoms with van der Waals surface area (Å²) in [7, 11) is 2.16. The second-order valence-electron chi connectivity index (χ2n) is 6.40. The van der Waals surface area contributed by atoms with E-state index in [1.165, 1.54) is 0 Å². The third kappa shape index (κ3) is 7.61. The van der Waals surface area contributed by atoms with Crippen LogP contribution < -0.4 is 15.8 Å². The second-order valence-corrected chi connectivity index (χ2v) is 6.40. The van der Waals surface area contributed by atoms with Crippen molar-refractivity contribution in [1.82, 2.24) is 9.80 Å². The van der Waals surface area contributed by atoms with Crippen LogP contribution in [0, 0.1) is 0 Å². The first-order valence-electron chi connectivity index (χ1n) is 8.78. The van der Waals surface area contributed by atoms with E-state index >= 15 is 0 Å². The van der Waals surface area contributed by atoms with Crippen molar-refractivity contribution in [2.45, 2.75) is 25.8 Å². The highest BCUT2D eigenvalue weighted by Gasteiger charge is 2.14. The van der Waals surface area contributed by atoms with Gasteiger partial charge in [-0.1, -0.05) is 13.3 Å². The molecule has 0 aliphatic carbocycles. The van der Waals surface area contributed by atoms with Crippen molar-refractivity contribution in [3.05, 3.63) is 24.3 Å². The van der Waals surface area contributed by atoms with Crippen LogP contribution >= 0.6 is 12.4 Å². The number of carbonyl (C=O) groups excluding carboxylic acids is 1. The van der Waals surface area contributed by atoms with Crippen LogP contribution in [0.15, 0.2) is 24.3 Å². The molecule has 1 heterocycles. The molecule has 1 aliphatic heterocycles. The van der Waals surface area contributed by atoms with Crippen LogP contribution in [0.1, 0.15) is 19.8 Å². The summed E-state index contributed by atoms with van der Waals surface area (Å²) in [5, 5.41) is 2.83. The lowest BCUT2D eigenvalue weighted by atomic mass is 10.1. The first-order valence-corrected chi connectivity index (χ1v) is 8.78. The number of nitrogens with two attached hydrogens (primary N) is 1. The molecule has 1 saturated heterocycles. The van der Waals surface area contributed by atoms with E-state index < -0.39 is 6.04 Å². The number of nitrogens with zero attached hydrogens (tertiary/aromatic N) is 2. The highest BCUT2D eigenvalue weighted by Crippen LogP contribution is 2.16. The van der Waals surface area contributed by atoms with E-state index in [0.717, 1.165) is 50.6 Å². The van der Waals surface area contributed by atoms with Gasteiger partial charge < -0.3 is 20.7 Å². The predicted octanol–water partition coefficient (Wildman–Crippen LogP) is 1.80. The van der Waals surface area contributed by atoms with Crippen LogP contribution in [-0.2, 0) is 4.79 Å². The fourth-order valence-electron chi connectivity index (χ4n) is 2.68. The number of rotatable bonds is 8. The zero-order chi connectivity index (χ0) is 17.4. The summed E-state index contributed by atoms with van der Waals surface area (Å²) >= 11 is 0. The van der Waals surface area contributed by atoms with Crippen molar-refractivity contribution in [1.29, 1.82) is 0 Å². The SMILES string of the molecule is CCCC(N)C(=O)Nc1ccc(OCCN2CCN(C)CC2)cc1.Cl. The van der Waals surface area contributed by atoms with Crippen molar-refractivity contribution in [3.8, 4) is 5.75 Å². The van der Waals surface area contributed by atoms with E-state index in [4.69, 9.17) is 10.5 Å². The summed E-state index contributed by atoms with van der Waals surface area (Å²) in [6.45, 7) is 8.07. The molecule has 25 heavy (non-hydrogen) atoms. The molecule has 1 unspecified atom stereocenters. The van der Waals surface area contributed by atoms with Gasteiger partial charge >= 0.3 is 0 Å². The molecule has 0 saturated carbocycles. The Bertz CT molecular complexity index is 504. The monoisotopic (exact) mass is 370 g/mol. The molecule has 3 N–H and O–H groups in total. The molecule has 0 bridgehead atoms. The topological polar surface area (TPSA) is 70.8 Å². The van der Waals surface area contributed by atoms with Crippen molar-refractivity contribution in [3.63, 3.8) is 0 Å². The average Bonchev–Trinajstić information content (AvgIpc) is 2.58. The smallest absolute Gasteiger partial charge is 0.241 e. The normalized spacial score (nSPS) is 16.8. The quantitative estimate of drug-likeness (QED) is 0.730. The number of likely N-dealkylation sites (N-methyl/N-ethyl adjacent to an activating group) is 1. The summed E-state index contributed by atoms with van der Waals surface area (Å²) < 4.78 is 5.79. The maximum absolute atomic E-state index is 11.9. The van der Waals surface area contributed by atoms with Gasteiger partial charge in [-0.25, -0.2) is 0 Å². The van der Waals surface area contributed by atoms with Gasteiger partial charge in [0.15, 0.2) is 0 Å². The third-order valence-electron chi connectivity index (χ3n) is 4.33. The molecule has 1 aliphatic rings. The first kappa shape index (κ1) is 21.7. The second kappa shape index (κ2) is 11.3. The van der Waals surface area contributed by atoms with Gasteiger partial charge in [-0.15, -0.1) is 12.4 Å². The van der Waals surface area contributed by atoms with E-state index in [9.17, 15) is 4.79 Å². The summed E-state index contributed by atoms with van der Waals surface area (Å²) in [5.74, 6) is 0.681. The Morgan fingerprint density at radius 3 is 2.48 bits per heavy atom. The number of carbonyl (C=O) groups is 1. The number of amides is 1. The van der Waals surface area contributed by atoms with E-state index in [1.807, 2.05) is 31.2 Å². The number of hydrogen-bond donors (Lipinski definition) is 2. The lowest BCUT2D eigenvalue weighted by molar-refractivity contribution is -0.117. The van der Waals surface area contributed by atoms with Gasteiger partial charge in [0.1, 0.15) is 12.4 Å². The highest BCUT2D eigenvalue weighted by molar-refractivity contribution is 5.94. The number of benzene rings is 1. The van der Waals surface area contributed by atoms with E-state index in [2.05, 4.69) is 22.2 Å². The van der Waals surface area contributed by atoms with Crippen molar-refractivity contribution < 1.29 is 9.53 Å². The molecule has 6 nitrogen and oxygen atoms in total. The first-order chi connectivity index (χ1) is 11.6. The van der Waals surface area contributed by atoms with E-state index in [1.54, 1.807) is 0 Å². The fraction of sp³-hybridized carbons (Fsp3) is 0.611. The van der Waals surface area contributed by atoms with Crippen molar-refractivity contribution in [2.75, 3.05) is 51.7 Å². The number of halogens is 1. The Labute approximate surface area is 157 Å². The summed E-state index contributed by atoms with van der Waals surface area (Å²) in [6, 6.07) is 7.01. The molecule has 1 atom stereocenters. The molecule has 1 aromatic carbocycles. The third-order valence-corrected chi connectivity index (χ3v) is 4.33. The number of ether oxygens (including phenoxy) is 1. The van der Waals surface area contributed by atoms with Crippen LogP contribution in [0.4, 0.5) is 5.69 Å². The molecular weight excluding hydrogens is 340 g/mol. The van der Waals surface area contributed by atoms with Crippen LogP contribution in [0.25, 0.3) is 0 Å². The number of nitrogens with one attached hydrogen (secondary N) is 1. The van der Waals surface area contributed by atoms with Gasteiger partial charge in [0.05, 0.1) is 6.04 Å². The molecule has 1 amide bonds. The van der Waals surface area contributed by atoms with Gasteiger partial charge in [0.2, 0.25) is 5.91 Å². The van der Waals surface area contributed by atoms with Crippen LogP contribution in [-0.4, -0.2) is 68.1 Å². The molecule has 7 heteroatoms. The van der Waals surface area contributed by atoms with Crippen LogP contribution in [0.5, 0.6) is 5.75 Å². The summed E-state index contributed by atoms with van der Waals surface area (Å²) in [5.41, 5.74) is 6.55. The minimum absolute atomic E-state index is 0. The van der Waals surface area contributed by atoms with Crippen LogP contribution in [0.2, 0.25) is 0 Å². The molecule has 1 fully saturated rings. The number of piperazine rings is 1. The number of hydrogen-bond acceptors (Lipinski definition) is 5. The minimum Gasteiger partial charge on any atom is -0.492 e. The number of anilines is 1. The van der Waals surface area contributed by atoms with E-state index in [-0.39, 0.29) is 18.3 Å². The van der Waals surface area contributed by atoms with Gasteiger partial charge in [-0.3, -0.25) is 9.69 Å². The molecule has 0 aromatic heterocycles. The van der Waals surface area contributed by atoms with Gasteiger partial charge in [0, 0.05) is 38.4 Å². The molecule has 1 aromatic rings. The van der Waals surface area contributed by atoms with Crippen molar-refractivity contribution >= 4 is 24.0 Å². The molecule has 0 radical (unpaired) electrons. The Morgan fingerprint density at radius 1 is 1.24 bits per heavy atom. The minimum atomic E-state index is -0.450. The zero-order valence-electron chi connectivity index (χ0n) is 15.2. The average molecular weight is 371 g/mol. The Morgan fingerprint density at radius 2 is 1.88 bits per heavy atom. The van der Waals surface area contributed by atoms with Gasteiger partial charge in [-0.2, -0.15) is 0 Å². The highest BCUT2D eigenvalue weighted by atomic mass is 35.5. The zero-order valence-corrected chi connectivity index (χ0v) is 16.1. The Hall–Kier alpha value is -1.34. The van der Waals surface area contributed by atoms with Gasteiger partial charge in [-0.05, 0) is 37.7 Å². The van der Waals surface area contributed by atoms with Crippen molar-refractivity contribution in [2.24, 2.45) is 5.73 Å². The summed E-state index contributed by atoms with van der Waals surface area (Å²) in [4.78, 5) is 16.6. The van der Waals surface area contributed by atoms with Crippen LogP contribution in [0.3, 0.4) is 0 Å². The molecule has 142 valence electrons. The van der Waals surface area contributed by atoms with E-state index in [0.29, 0.717) is 13.0 Å². The predicted molar refractivity (Wildman–Crippen MR) is 105 cm³/mol. The molecule has 0 spiro atoms. The fourth-order valence-corrected chi connectivity index (χ4v) is 2.68. The molecule has 2 rings (SSSR count). The Kier molecular flexibility index (Phi) is 9.82. The lowest BCUT2D eigenvalue weighted by Crippen LogP contribution is -2.45. The maximum atomic E-state index is 11.9. The Balaban J connectivity index is 0.00000312. The lowest BCUT2D eigenvalue weighted by Gasteiger charge is -2.32.